The molecule has 12 heteroatoms. The molecule has 0 amide bonds. The molecule has 0 radical (unpaired) electrons. The van der Waals surface area contributed by atoms with Crippen molar-refractivity contribution in [3.63, 3.8) is 0 Å². The lowest BCUT2D eigenvalue weighted by Gasteiger charge is -2.25. The minimum absolute atomic E-state index is 0.0270. The van der Waals surface area contributed by atoms with Crippen LogP contribution in [0.2, 0.25) is 0 Å². The number of methoxy groups -OCH3 is 1. The summed E-state index contributed by atoms with van der Waals surface area (Å²) in [4.78, 5) is 44.9. The number of esters is 2. The molecule has 266 valence electrons. The molecule has 1 unspecified atom stereocenters. The molecule has 1 aliphatic heterocycles. The summed E-state index contributed by atoms with van der Waals surface area (Å²) in [6.45, 7) is 11.3. The minimum atomic E-state index is -0.930. The molecular formula is C40H38N4O7S. The molecule has 3 heterocycles. The third-order valence-corrected chi connectivity index (χ3v) is 9.27. The maximum atomic E-state index is 14.5. The summed E-state index contributed by atoms with van der Waals surface area (Å²) in [5.74, 6) is 0.0951. The molecule has 6 rings (SSSR count). The van der Waals surface area contributed by atoms with Crippen LogP contribution in [0.4, 0.5) is 0 Å². The van der Waals surface area contributed by atoms with Crippen molar-refractivity contribution in [2.75, 3.05) is 20.3 Å². The van der Waals surface area contributed by atoms with Crippen molar-refractivity contribution in [1.29, 1.82) is 0 Å². The van der Waals surface area contributed by atoms with Gasteiger partial charge in [-0.2, -0.15) is 5.10 Å². The fourth-order valence-corrected chi connectivity index (χ4v) is 6.98. The van der Waals surface area contributed by atoms with E-state index in [9.17, 15) is 14.4 Å². The van der Waals surface area contributed by atoms with Crippen LogP contribution in [-0.2, 0) is 14.3 Å². The lowest BCUT2D eigenvalue weighted by molar-refractivity contribution is -0.138. The standard InChI is InChI=1S/C40H38N4O7S/c1-7-18-49-31-16-14-27(20-24(31)3)36-29(23-43(42-36)30-12-10-9-11-13-30)22-34-38(46)44-37(28-15-17-32(51-26(5)45)33(21-28)48-6)35(39(47)50-19-8-2)25(4)41-40(44)52-34/h8-17,20-23,37H,2,7,18-19H2,1,3-6H3. The van der Waals surface area contributed by atoms with Crippen LogP contribution < -0.4 is 29.1 Å². The number of carbonyl (C=O) groups is 2. The lowest BCUT2D eigenvalue weighted by Crippen LogP contribution is -2.40. The van der Waals surface area contributed by atoms with E-state index in [2.05, 4.69) is 13.5 Å². The Labute approximate surface area is 304 Å². The molecule has 5 aromatic rings. The fourth-order valence-electron chi connectivity index (χ4n) is 5.95. The number of thiazole rings is 1. The summed E-state index contributed by atoms with van der Waals surface area (Å²) < 4.78 is 25.9. The molecule has 0 bridgehead atoms. The number of allylic oxidation sites excluding steroid dienone is 1. The molecule has 0 saturated carbocycles. The summed E-state index contributed by atoms with van der Waals surface area (Å²) >= 11 is 1.20. The molecule has 3 aromatic carbocycles. The second-order valence-electron chi connectivity index (χ2n) is 12.0. The van der Waals surface area contributed by atoms with E-state index in [1.807, 2.05) is 61.7 Å². The van der Waals surface area contributed by atoms with Crippen molar-refractivity contribution >= 4 is 29.4 Å². The predicted octanol–water partition coefficient (Wildman–Crippen LogP) is 5.85. The first-order valence-corrected chi connectivity index (χ1v) is 17.5. The maximum Gasteiger partial charge on any atom is 0.338 e. The van der Waals surface area contributed by atoms with Crippen molar-refractivity contribution < 1.29 is 28.5 Å². The Bertz CT molecular complexity index is 2390. The van der Waals surface area contributed by atoms with Crippen molar-refractivity contribution in [1.82, 2.24) is 14.3 Å². The number of aryl methyl sites for hydroxylation is 1. The van der Waals surface area contributed by atoms with Crippen molar-refractivity contribution in [2.24, 2.45) is 4.99 Å². The van der Waals surface area contributed by atoms with Crippen LogP contribution in [0.3, 0.4) is 0 Å². The van der Waals surface area contributed by atoms with Gasteiger partial charge in [0.2, 0.25) is 0 Å². The molecule has 1 atom stereocenters. The normalized spacial score (nSPS) is 14.0. The summed E-state index contributed by atoms with van der Waals surface area (Å²) in [5.41, 5.74) is 4.80. The zero-order chi connectivity index (χ0) is 36.9. The maximum absolute atomic E-state index is 14.5. The number of rotatable bonds is 12. The van der Waals surface area contributed by atoms with E-state index in [1.165, 1.54) is 36.0 Å². The summed E-state index contributed by atoms with van der Waals surface area (Å²) in [6.07, 6.45) is 6.06. The average Bonchev–Trinajstić information content (AvgIpc) is 3.70. The van der Waals surface area contributed by atoms with E-state index in [0.717, 1.165) is 29.0 Å². The number of carbonyl (C=O) groups excluding carboxylic acids is 2. The predicted molar refractivity (Wildman–Crippen MR) is 199 cm³/mol. The van der Waals surface area contributed by atoms with E-state index in [1.54, 1.807) is 35.9 Å². The molecular weight excluding hydrogens is 681 g/mol. The van der Waals surface area contributed by atoms with Gasteiger partial charge in [-0.15, -0.1) is 0 Å². The molecule has 52 heavy (non-hydrogen) atoms. The Morgan fingerprint density at radius 3 is 2.48 bits per heavy atom. The fraction of sp³-hybridized carbons (Fsp3) is 0.225. The average molecular weight is 719 g/mol. The molecule has 0 N–H and O–H groups in total. The number of hydrogen-bond donors (Lipinski definition) is 0. The number of benzene rings is 3. The highest BCUT2D eigenvalue weighted by Gasteiger charge is 2.34. The number of ether oxygens (including phenoxy) is 4. The van der Waals surface area contributed by atoms with Crippen LogP contribution in [0.5, 0.6) is 17.2 Å². The van der Waals surface area contributed by atoms with Gasteiger partial charge < -0.3 is 18.9 Å². The van der Waals surface area contributed by atoms with E-state index >= 15 is 0 Å². The van der Waals surface area contributed by atoms with Crippen LogP contribution in [-0.4, -0.2) is 46.6 Å². The van der Waals surface area contributed by atoms with Gasteiger partial charge in [-0.1, -0.05) is 55.2 Å². The van der Waals surface area contributed by atoms with Gasteiger partial charge in [0.1, 0.15) is 18.1 Å². The van der Waals surface area contributed by atoms with Gasteiger partial charge in [0, 0.05) is 24.2 Å². The third kappa shape index (κ3) is 7.24. The number of fused-ring (bicyclic) bond motifs is 1. The molecule has 0 spiro atoms. The van der Waals surface area contributed by atoms with E-state index in [-0.39, 0.29) is 29.2 Å². The van der Waals surface area contributed by atoms with Gasteiger partial charge in [0.15, 0.2) is 16.3 Å². The number of aromatic nitrogens is 3. The number of para-hydroxylation sites is 1. The molecule has 11 nitrogen and oxygen atoms in total. The SMILES string of the molecule is C=CCOC(=O)C1=C(C)N=c2sc(=Cc3cn(-c4ccccc4)nc3-c3ccc(OCCC)c(C)c3)c(=O)n2C1c1ccc(OC(C)=O)c(OC)c1. The first-order valence-electron chi connectivity index (χ1n) is 16.7. The smallest absolute Gasteiger partial charge is 0.338 e. The largest absolute Gasteiger partial charge is 0.493 e. The van der Waals surface area contributed by atoms with Crippen LogP contribution in [0, 0.1) is 6.92 Å². The van der Waals surface area contributed by atoms with Crippen molar-refractivity contribution in [2.45, 2.75) is 40.2 Å². The van der Waals surface area contributed by atoms with Gasteiger partial charge in [-0.3, -0.25) is 14.2 Å². The van der Waals surface area contributed by atoms with Crippen molar-refractivity contribution in [3.8, 4) is 34.2 Å². The summed E-state index contributed by atoms with van der Waals surface area (Å²) in [5, 5.41) is 4.97. The summed E-state index contributed by atoms with van der Waals surface area (Å²) in [7, 11) is 1.44. The van der Waals surface area contributed by atoms with E-state index in [0.29, 0.717) is 38.5 Å². The lowest BCUT2D eigenvalue weighted by atomic mass is 9.95. The third-order valence-electron chi connectivity index (χ3n) is 8.29. The first-order chi connectivity index (χ1) is 25.1. The molecule has 2 aromatic heterocycles. The van der Waals surface area contributed by atoms with Gasteiger partial charge in [-0.25, -0.2) is 14.5 Å². The second kappa shape index (κ2) is 15.5. The Morgan fingerprint density at radius 1 is 1.02 bits per heavy atom. The van der Waals surface area contributed by atoms with E-state index < -0.39 is 18.0 Å². The second-order valence-corrected chi connectivity index (χ2v) is 13.0. The zero-order valence-electron chi connectivity index (χ0n) is 29.5. The van der Waals surface area contributed by atoms with Gasteiger partial charge in [0.25, 0.3) is 5.56 Å². The number of nitrogens with zero attached hydrogens (tertiary/aromatic N) is 4. The molecule has 0 fully saturated rings. The highest BCUT2D eigenvalue weighted by Crippen LogP contribution is 2.36. The van der Waals surface area contributed by atoms with E-state index in [4.69, 9.17) is 29.0 Å². The highest BCUT2D eigenvalue weighted by molar-refractivity contribution is 7.07. The van der Waals surface area contributed by atoms with Crippen LogP contribution in [0.25, 0.3) is 23.0 Å². The monoisotopic (exact) mass is 718 g/mol. The highest BCUT2D eigenvalue weighted by atomic mass is 32.1. The topological polar surface area (TPSA) is 123 Å². The molecule has 1 aliphatic rings. The Balaban J connectivity index is 1.54. The summed E-state index contributed by atoms with van der Waals surface area (Å²) in [6, 6.07) is 19.6. The zero-order valence-corrected chi connectivity index (χ0v) is 30.4. The number of hydrogen-bond acceptors (Lipinski definition) is 10. The van der Waals surface area contributed by atoms with Crippen LogP contribution in [0.15, 0.2) is 107 Å². The molecule has 0 aliphatic carbocycles. The van der Waals surface area contributed by atoms with Gasteiger partial charge >= 0.3 is 11.9 Å². The van der Waals surface area contributed by atoms with Gasteiger partial charge in [0.05, 0.1) is 41.2 Å². The minimum Gasteiger partial charge on any atom is -0.493 e. The van der Waals surface area contributed by atoms with Crippen LogP contribution in [0.1, 0.15) is 49.9 Å². The Morgan fingerprint density at radius 2 is 1.79 bits per heavy atom. The quantitative estimate of drug-likeness (QED) is 0.0895. The molecule has 0 saturated heterocycles. The Kier molecular flexibility index (Phi) is 10.7. The van der Waals surface area contributed by atoms with Crippen molar-refractivity contribution in [3.05, 3.63) is 133 Å². The van der Waals surface area contributed by atoms with Gasteiger partial charge in [-0.05, 0) is 79.9 Å². The van der Waals surface area contributed by atoms with Crippen LogP contribution >= 0.6 is 11.3 Å². The Hall–Kier alpha value is -6.01. The first kappa shape index (κ1) is 35.8.